The Kier molecular flexibility index (Phi) is 6.41. The molecule has 3 N–H and O–H groups in total. The van der Waals surface area contributed by atoms with E-state index in [9.17, 15) is 9.59 Å². The molecule has 1 aromatic rings. The first-order chi connectivity index (χ1) is 9.96. The molecule has 0 aliphatic heterocycles. The number of fused-ring (bicyclic) bond motifs is 1. The lowest BCUT2D eigenvalue weighted by Crippen LogP contribution is -3.00. The van der Waals surface area contributed by atoms with Gasteiger partial charge in [-0.05, 0) is 31.0 Å². The van der Waals surface area contributed by atoms with Crippen LogP contribution in [-0.2, 0) is 14.9 Å². The lowest BCUT2D eigenvalue weighted by Gasteiger charge is -2.30. The van der Waals surface area contributed by atoms with Gasteiger partial charge in [0.15, 0.2) is 6.04 Å². The Morgan fingerprint density at radius 1 is 1.41 bits per heavy atom. The maximum absolute atomic E-state index is 12.5. The number of ether oxygens (including phenoxy) is 1. The number of rotatable bonds is 5. The summed E-state index contributed by atoms with van der Waals surface area (Å²) in [5.74, 6) is -0.319. The smallest absolute Gasteiger partial charge is 0.306 e. The van der Waals surface area contributed by atoms with Crippen LogP contribution in [0.3, 0.4) is 0 Å². The SMILES string of the molecule is CCCC1(CC(=O)OCC)c2ccc(Cl)cc2C(=O)C1[NH3+].[Cl-]. The van der Waals surface area contributed by atoms with Crippen LogP contribution >= 0.6 is 11.6 Å². The number of benzene rings is 1. The predicted octanol–water partition coefficient (Wildman–Crippen LogP) is -0.858. The van der Waals surface area contributed by atoms with E-state index < -0.39 is 11.5 Å². The van der Waals surface area contributed by atoms with Crippen LogP contribution < -0.4 is 18.1 Å². The number of carbonyl (C=O) groups is 2. The molecule has 0 radical (unpaired) electrons. The molecule has 0 amide bonds. The first-order valence-corrected chi connectivity index (χ1v) is 7.67. The van der Waals surface area contributed by atoms with E-state index in [1.165, 1.54) is 0 Å². The number of hydrogen-bond acceptors (Lipinski definition) is 3. The van der Waals surface area contributed by atoms with Crippen molar-refractivity contribution in [2.24, 2.45) is 0 Å². The molecular weight excluding hydrogens is 325 g/mol. The Labute approximate surface area is 141 Å². The van der Waals surface area contributed by atoms with Gasteiger partial charge in [-0.1, -0.05) is 31.0 Å². The van der Waals surface area contributed by atoms with Crippen molar-refractivity contribution < 1.29 is 32.5 Å². The number of hydrogen-bond donors (Lipinski definition) is 1. The van der Waals surface area contributed by atoms with Crippen LogP contribution in [0.1, 0.15) is 49.0 Å². The van der Waals surface area contributed by atoms with Crippen LogP contribution in [0, 0.1) is 0 Å². The molecule has 2 atom stereocenters. The zero-order valence-corrected chi connectivity index (χ0v) is 14.3. The van der Waals surface area contributed by atoms with Gasteiger partial charge >= 0.3 is 5.97 Å². The van der Waals surface area contributed by atoms with Crippen LogP contribution in [-0.4, -0.2) is 24.4 Å². The van der Waals surface area contributed by atoms with E-state index in [-0.39, 0.29) is 30.6 Å². The van der Waals surface area contributed by atoms with Crippen LogP contribution in [0.25, 0.3) is 0 Å². The van der Waals surface area contributed by atoms with Gasteiger partial charge in [0.25, 0.3) is 0 Å². The summed E-state index contributed by atoms with van der Waals surface area (Å²) in [5, 5.41) is 0.526. The monoisotopic (exact) mass is 345 g/mol. The summed E-state index contributed by atoms with van der Waals surface area (Å²) in [6.07, 6.45) is 1.77. The van der Waals surface area contributed by atoms with Crippen molar-refractivity contribution in [3.63, 3.8) is 0 Å². The molecule has 4 nitrogen and oxygen atoms in total. The molecule has 6 heteroatoms. The van der Waals surface area contributed by atoms with Crippen molar-refractivity contribution >= 4 is 23.4 Å². The second-order valence-electron chi connectivity index (χ2n) is 5.49. The highest BCUT2D eigenvalue weighted by atomic mass is 35.5. The summed E-state index contributed by atoms with van der Waals surface area (Å²) in [6, 6.07) is 4.83. The fourth-order valence-electron chi connectivity index (χ4n) is 3.31. The maximum Gasteiger partial charge on any atom is 0.306 e. The van der Waals surface area contributed by atoms with Gasteiger partial charge in [-0.15, -0.1) is 0 Å². The van der Waals surface area contributed by atoms with Crippen molar-refractivity contribution in [3.05, 3.63) is 34.3 Å². The highest BCUT2D eigenvalue weighted by Gasteiger charge is 2.53. The molecule has 122 valence electrons. The first kappa shape index (κ1) is 18.9. The largest absolute Gasteiger partial charge is 1.00 e. The van der Waals surface area contributed by atoms with Gasteiger partial charge in [-0.25, -0.2) is 0 Å². The number of halogens is 2. The third kappa shape index (κ3) is 3.14. The predicted molar refractivity (Wildman–Crippen MR) is 80.3 cm³/mol. The van der Waals surface area contributed by atoms with E-state index in [1.54, 1.807) is 19.1 Å². The highest BCUT2D eigenvalue weighted by Crippen LogP contribution is 2.44. The Bertz CT molecular complexity index is 577. The van der Waals surface area contributed by atoms with E-state index in [0.717, 1.165) is 18.4 Å². The van der Waals surface area contributed by atoms with Crippen LogP contribution in [0.2, 0.25) is 5.02 Å². The Morgan fingerprint density at radius 2 is 2.09 bits per heavy atom. The van der Waals surface area contributed by atoms with Gasteiger partial charge in [0.05, 0.1) is 18.4 Å². The Morgan fingerprint density at radius 3 is 2.68 bits per heavy atom. The number of ketones is 1. The lowest BCUT2D eigenvalue weighted by molar-refractivity contribution is -0.414. The summed E-state index contributed by atoms with van der Waals surface area (Å²) in [7, 11) is 0. The van der Waals surface area contributed by atoms with E-state index in [1.807, 2.05) is 13.0 Å². The average molecular weight is 346 g/mol. The van der Waals surface area contributed by atoms with Crippen molar-refractivity contribution in [1.82, 2.24) is 0 Å². The van der Waals surface area contributed by atoms with E-state index >= 15 is 0 Å². The molecule has 2 unspecified atom stereocenters. The summed E-state index contributed by atoms with van der Waals surface area (Å²) in [4.78, 5) is 24.5. The molecule has 1 aliphatic rings. The van der Waals surface area contributed by atoms with Gasteiger partial charge < -0.3 is 22.9 Å². The highest BCUT2D eigenvalue weighted by molar-refractivity contribution is 6.31. The van der Waals surface area contributed by atoms with Crippen molar-refractivity contribution in [2.45, 2.75) is 44.6 Å². The van der Waals surface area contributed by atoms with Gasteiger partial charge in [-0.2, -0.15) is 0 Å². The zero-order chi connectivity index (χ0) is 15.6. The number of Topliss-reactive ketones (excluding diaryl/α,β-unsaturated/α-hetero) is 1. The molecular formula is C16H21Cl2NO3. The molecule has 1 aliphatic carbocycles. The summed E-state index contributed by atoms with van der Waals surface area (Å²) in [6.45, 7) is 4.15. The third-order valence-electron chi connectivity index (χ3n) is 4.23. The molecule has 1 aromatic carbocycles. The van der Waals surface area contributed by atoms with Crippen LogP contribution in [0.5, 0.6) is 0 Å². The fraction of sp³-hybridized carbons (Fsp3) is 0.500. The summed E-state index contributed by atoms with van der Waals surface area (Å²) in [5.41, 5.74) is 4.96. The standard InChI is InChI=1S/C16H20ClNO3.ClH/c1-3-7-16(9-13(19)21-4-2)12-6-5-10(17)8-11(12)14(20)15(16)18;/h5-6,8,15H,3-4,7,9,18H2,1-2H3;1H. The van der Waals surface area contributed by atoms with Gasteiger partial charge in [0.1, 0.15) is 0 Å². The normalized spacial score (nSPS) is 22.9. The molecule has 0 aromatic heterocycles. The number of quaternary nitrogens is 1. The summed E-state index contributed by atoms with van der Waals surface area (Å²) < 4.78 is 5.09. The minimum absolute atomic E-state index is 0. The molecule has 0 spiro atoms. The van der Waals surface area contributed by atoms with Gasteiger partial charge in [-0.3, -0.25) is 9.59 Å². The maximum atomic E-state index is 12.5. The molecule has 2 rings (SSSR count). The first-order valence-electron chi connectivity index (χ1n) is 7.29. The Balaban J connectivity index is 0.00000242. The van der Waals surface area contributed by atoms with Gasteiger partial charge in [0.2, 0.25) is 5.78 Å². The second-order valence-corrected chi connectivity index (χ2v) is 5.93. The van der Waals surface area contributed by atoms with Crippen molar-refractivity contribution in [3.8, 4) is 0 Å². The molecule has 0 fully saturated rings. The summed E-state index contributed by atoms with van der Waals surface area (Å²) >= 11 is 6.00. The van der Waals surface area contributed by atoms with E-state index in [4.69, 9.17) is 16.3 Å². The lowest BCUT2D eigenvalue weighted by atomic mass is 9.72. The minimum Gasteiger partial charge on any atom is -1.00 e. The topological polar surface area (TPSA) is 71.0 Å². The number of esters is 1. The van der Waals surface area contributed by atoms with Crippen molar-refractivity contribution in [2.75, 3.05) is 6.61 Å². The fourth-order valence-corrected chi connectivity index (χ4v) is 3.48. The quantitative estimate of drug-likeness (QED) is 0.706. The van der Waals surface area contributed by atoms with Crippen LogP contribution in [0.15, 0.2) is 18.2 Å². The van der Waals surface area contributed by atoms with E-state index in [0.29, 0.717) is 17.2 Å². The molecule has 0 saturated heterocycles. The van der Waals surface area contributed by atoms with E-state index in [2.05, 4.69) is 5.73 Å². The molecule has 22 heavy (non-hydrogen) atoms. The zero-order valence-electron chi connectivity index (χ0n) is 12.8. The average Bonchev–Trinajstić information content (AvgIpc) is 2.62. The second kappa shape index (κ2) is 7.44. The molecule has 0 bridgehead atoms. The molecule has 0 saturated carbocycles. The third-order valence-corrected chi connectivity index (χ3v) is 4.46. The number of carbonyl (C=O) groups excluding carboxylic acids is 2. The van der Waals surface area contributed by atoms with Crippen molar-refractivity contribution in [1.29, 1.82) is 0 Å². The Hall–Kier alpha value is -1.10. The van der Waals surface area contributed by atoms with Crippen LogP contribution in [0.4, 0.5) is 0 Å². The minimum atomic E-state index is -0.571. The molecule has 0 heterocycles. The van der Waals surface area contributed by atoms with Gasteiger partial charge in [0, 0.05) is 10.6 Å².